The lowest BCUT2D eigenvalue weighted by Gasteiger charge is -2.33. The van der Waals surface area contributed by atoms with E-state index >= 15 is 0 Å². The number of rotatable bonds is 3. The van der Waals surface area contributed by atoms with E-state index in [0.29, 0.717) is 19.1 Å². The second kappa shape index (κ2) is 5.44. The van der Waals surface area contributed by atoms with Crippen LogP contribution in [0.25, 0.3) is 0 Å². The highest BCUT2D eigenvalue weighted by molar-refractivity contribution is 6.17. The summed E-state index contributed by atoms with van der Waals surface area (Å²) >= 11 is 5.74. The monoisotopic (exact) mass is 250 g/mol. The molecule has 1 fully saturated rings. The van der Waals surface area contributed by atoms with Gasteiger partial charge in [-0.1, -0.05) is 18.1 Å². The summed E-state index contributed by atoms with van der Waals surface area (Å²) in [4.78, 5) is 0. The van der Waals surface area contributed by atoms with Crippen molar-refractivity contribution in [2.75, 3.05) is 13.2 Å². The minimum Gasteiger partial charge on any atom is -0.474 e. The first-order valence-electron chi connectivity index (χ1n) is 5.67. The number of terminal acetylenes is 1. The van der Waals surface area contributed by atoms with Crippen molar-refractivity contribution >= 4 is 11.6 Å². The molecule has 90 valence electrons. The van der Waals surface area contributed by atoms with Crippen LogP contribution >= 0.6 is 11.6 Å². The van der Waals surface area contributed by atoms with Crippen LogP contribution in [0.3, 0.4) is 0 Å². The van der Waals surface area contributed by atoms with Crippen LogP contribution in [0.1, 0.15) is 18.4 Å². The number of hydrogen-bond donors (Lipinski definition) is 0. The van der Waals surface area contributed by atoms with Crippen molar-refractivity contribution < 1.29 is 9.47 Å². The molecule has 0 spiro atoms. The molecule has 0 atom stereocenters. The average molecular weight is 251 g/mol. The summed E-state index contributed by atoms with van der Waals surface area (Å²) in [5.74, 6) is 4.07. The average Bonchev–Trinajstić information content (AvgIpc) is 2.41. The zero-order chi connectivity index (χ0) is 12.1. The molecule has 1 saturated heterocycles. The van der Waals surface area contributed by atoms with E-state index in [1.54, 1.807) is 0 Å². The summed E-state index contributed by atoms with van der Waals surface area (Å²) in [6.07, 6.45) is 7.06. The van der Waals surface area contributed by atoms with Crippen molar-refractivity contribution in [2.45, 2.75) is 24.3 Å². The van der Waals surface area contributed by atoms with E-state index in [4.69, 9.17) is 27.5 Å². The Hall–Kier alpha value is -1.17. The van der Waals surface area contributed by atoms with Gasteiger partial charge in [-0.2, -0.15) is 0 Å². The maximum absolute atomic E-state index is 5.93. The quantitative estimate of drug-likeness (QED) is 0.607. The molecule has 0 radical (unpaired) electrons. The molecule has 0 aliphatic carbocycles. The molecule has 3 heteroatoms. The van der Waals surface area contributed by atoms with E-state index < -0.39 is 5.60 Å². The molecular weight excluding hydrogens is 236 g/mol. The lowest BCUT2D eigenvalue weighted by atomic mass is 9.95. The van der Waals surface area contributed by atoms with Crippen molar-refractivity contribution in [1.82, 2.24) is 0 Å². The Morgan fingerprint density at radius 2 is 1.94 bits per heavy atom. The van der Waals surface area contributed by atoms with Gasteiger partial charge in [0.15, 0.2) is 5.60 Å². The van der Waals surface area contributed by atoms with E-state index in [1.165, 1.54) is 0 Å². The predicted molar refractivity (Wildman–Crippen MR) is 68.2 cm³/mol. The fourth-order valence-electron chi connectivity index (χ4n) is 1.85. The Bertz CT molecular complexity index is 399. The van der Waals surface area contributed by atoms with Gasteiger partial charge >= 0.3 is 0 Å². The Morgan fingerprint density at radius 1 is 1.29 bits per heavy atom. The van der Waals surface area contributed by atoms with Crippen molar-refractivity contribution in [3.05, 3.63) is 29.8 Å². The van der Waals surface area contributed by atoms with Gasteiger partial charge in [0.25, 0.3) is 0 Å². The highest BCUT2D eigenvalue weighted by Crippen LogP contribution is 2.27. The fourth-order valence-corrected chi connectivity index (χ4v) is 2.03. The predicted octanol–water partition coefficient (Wildman–Crippen LogP) is 2.99. The Labute approximate surface area is 107 Å². The van der Waals surface area contributed by atoms with Gasteiger partial charge in [-0.3, -0.25) is 0 Å². The molecule has 17 heavy (non-hydrogen) atoms. The maximum Gasteiger partial charge on any atom is 0.173 e. The Morgan fingerprint density at radius 3 is 2.47 bits per heavy atom. The van der Waals surface area contributed by atoms with Gasteiger partial charge in [0, 0.05) is 18.7 Å². The van der Waals surface area contributed by atoms with E-state index in [1.807, 2.05) is 24.3 Å². The molecule has 2 nitrogen and oxygen atoms in total. The first-order valence-corrected chi connectivity index (χ1v) is 6.21. The zero-order valence-corrected chi connectivity index (χ0v) is 10.4. The SMILES string of the molecule is C#CC1(Oc2ccc(CCl)cc2)CCOCC1. The van der Waals surface area contributed by atoms with Gasteiger partial charge in [-0.25, -0.2) is 0 Å². The minimum absolute atomic E-state index is 0.508. The normalized spacial score (nSPS) is 18.4. The van der Waals surface area contributed by atoms with Gasteiger partial charge in [-0.15, -0.1) is 18.0 Å². The van der Waals surface area contributed by atoms with Crippen LogP contribution in [0, 0.1) is 12.3 Å². The molecule has 1 aromatic carbocycles. The highest BCUT2D eigenvalue weighted by Gasteiger charge is 2.32. The molecule has 0 amide bonds. The second-order valence-electron chi connectivity index (χ2n) is 4.13. The Balaban J connectivity index is 2.10. The van der Waals surface area contributed by atoms with Crippen LogP contribution in [0.2, 0.25) is 0 Å². The van der Waals surface area contributed by atoms with Gasteiger partial charge in [-0.05, 0) is 17.7 Å². The van der Waals surface area contributed by atoms with Crippen LogP contribution in [-0.2, 0) is 10.6 Å². The summed E-state index contributed by atoms with van der Waals surface area (Å²) in [6.45, 7) is 1.31. The summed E-state index contributed by atoms with van der Waals surface area (Å²) in [5.41, 5.74) is 0.557. The van der Waals surface area contributed by atoms with Crippen LogP contribution < -0.4 is 4.74 Å². The first-order chi connectivity index (χ1) is 8.28. The molecular formula is C14H15ClO2. The molecule has 1 aliphatic rings. The zero-order valence-electron chi connectivity index (χ0n) is 9.62. The molecule has 0 N–H and O–H groups in total. The summed E-state index contributed by atoms with van der Waals surface area (Å²) < 4.78 is 11.2. The molecule has 1 aliphatic heterocycles. The molecule has 1 aromatic rings. The van der Waals surface area contributed by atoms with Gasteiger partial charge < -0.3 is 9.47 Å². The van der Waals surface area contributed by atoms with Gasteiger partial charge in [0.1, 0.15) is 5.75 Å². The summed E-state index contributed by atoms with van der Waals surface area (Å²) in [5, 5.41) is 0. The van der Waals surface area contributed by atoms with Crippen LogP contribution in [-0.4, -0.2) is 18.8 Å². The number of benzene rings is 1. The first kappa shape index (κ1) is 12.3. The van der Waals surface area contributed by atoms with E-state index in [2.05, 4.69) is 5.92 Å². The topological polar surface area (TPSA) is 18.5 Å². The van der Waals surface area contributed by atoms with Gasteiger partial charge in [0.2, 0.25) is 0 Å². The number of hydrogen-bond acceptors (Lipinski definition) is 2. The van der Waals surface area contributed by atoms with Crippen molar-refractivity contribution in [3.63, 3.8) is 0 Å². The lowest BCUT2D eigenvalue weighted by molar-refractivity contribution is -0.0111. The Kier molecular flexibility index (Phi) is 3.93. The van der Waals surface area contributed by atoms with Gasteiger partial charge in [0.05, 0.1) is 13.2 Å². The van der Waals surface area contributed by atoms with E-state index in [0.717, 1.165) is 24.2 Å². The lowest BCUT2D eigenvalue weighted by Crippen LogP contribution is -2.40. The number of alkyl halides is 1. The molecule has 2 rings (SSSR count). The van der Waals surface area contributed by atoms with Crippen molar-refractivity contribution in [3.8, 4) is 18.1 Å². The summed E-state index contributed by atoms with van der Waals surface area (Å²) in [7, 11) is 0. The molecule has 1 heterocycles. The van der Waals surface area contributed by atoms with Crippen LogP contribution in [0.5, 0.6) is 5.75 Å². The molecule has 0 aromatic heterocycles. The van der Waals surface area contributed by atoms with E-state index in [9.17, 15) is 0 Å². The number of halogens is 1. The maximum atomic E-state index is 5.93. The van der Waals surface area contributed by atoms with E-state index in [-0.39, 0.29) is 0 Å². The summed E-state index contributed by atoms with van der Waals surface area (Å²) in [6, 6.07) is 7.72. The third kappa shape index (κ3) is 2.94. The van der Waals surface area contributed by atoms with Crippen LogP contribution in [0.4, 0.5) is 0 Å². The second-order valence-corrected chi connectivity index (χ2v) is 4.40. The minimum atomic E-state index is -0.513. The molecule has 0 bridgehead atoms. The third-order valence-corrected chi connectivity index (χ3v) is 3.26. The standard InChI is InChI=1S/C14H15ClO2/c1-2-14(7-9-16-10-8-14)17-13-5-3-12(11-15)4-6-13/h1,3-6H,7-11H2. The molecule has 0 saturated carbocycles. The number of ether oxygens (including phenoxy) is 2. The highest BCUT2D eigenvalue weighted by atomic mass is 35.5. The van der Waals surface area contributed by atoms with Crippen molar-refractivity contribution in [2.24, 2.45) is 0 Å². The third-order valence-electron chi connectivity index (χ3n) is 2.95. The van der Waals surface area contributed by atoms with Crippen molar-refractivity contribution in [1.29, 1.82) is 0 Å². The molecule has 0 unspecified atom stereocenters. The van der Waals surface area contributed by atoms with Crippen LogP contribution in [0.15, 0.2) is 24.3 Å². The fraction of sp³-hybridized carbons (Fsp3) is 0.429. The largest absolute Gasteiger partial charge is 0.474 e. The smallest absolute Gasteiger partial charge is 0.173 e.